The molecule has 0 heterocycles. The lowest BCUT2D eigenvalue weighted by atomic mass is 9.96. The van der Waals surface area contributed by atoms with Crippen molar-refractivity contribution in [3.8, 4) is 5.75 Å². The summed E-state index contributed by atoms with van der Waals surface area (Å²) in [7, 11) is 0. The molecule has 1 fully saturated rings. The molecule has 0 atom stereocenters. The van der Waals surface area contributed by atoms with Gasteiger partial charge in [0.05, 0.1) is 0 Å². The zero-order chi connectivity index (χ0) is 13.7. The van der Waals surface area contributed by atoms with E-state index < -0.39 is 11.6 Å². The summed E-state index contributed by atoms with van der Waals surface area (Å²) in [6.07, 6.45) is 6.24. The smallest absolute Gasteiger partial charge is 0.200 e. The van der Waals surface area contributed by atoms with Crippen LogP contribution in [0.1, 0.15) is 32.1 Å². The monoisotopic (exact) mass is 333 g/mol. The van der Waals surface area contributed by atoms with Gasteiger partial charge in [0.2, 0.25) is 5.82 Å². The standard InChI is InChI=1S/C14H18BrF2NO/c15-10-8-12(16)14(17)13(9-10)19-7-6-18-11-4-2-1-3-5-11/h8-9,11,18H,1-7H2. The van der Waals surface area contributed by atoms with Gasteiger partial charge in [0, 0.05) is 17.1 Å². The Morgan fingerprint density at radius 3 is 2.68 bits per heavy atom. The summed E-state index contributed by atoms with van der Waals surface area (Å²) in [5, 5.41) is 3.39. The molecule has 0 unspecified atom stereocenters. The minimum Gasteiger partial charge on any atom is -0.489 e. The molecule has 1 N–H and O–H groups in total. The maximum Gasteiger partial charge on any atom is 0.200 e. The second-order valence-corrected chi connectivity index (χ2v) is 5.75. The van der Waals surface area contributed by atoms with Crippen LogP contribution in [0.4, 0.5) is 8.78 Å². The Balaban J connectivity index is 1.76. The molecule has 5 heteroatoms. The third-order valence-electron chi connectivity index (χ3n) is 3.36. The first-order valence-electron chi connectivity index (χ1n) is 6.67. The number of ether oxygens (including phenoxy) is 1. The molecule has 1 saturated carbocycles. The van der Waals surface area contributed by atoms with Crippen molar-refractivity contribution in [3.05, 3.63) is 28.2 Å². The van der Waals surface area contributed by atoms with Gasteiger partial charge in [0.15, 0.2) is 11.6 Å². The van der Waals surface area contributed by atoms with E-state index in [1.807, 2.05) is 0 Å². The van der Waals surface area contributed by atoms with Gasteiger partial charge in [-0.15, -0.1) is 0 Å². The molecule has 1 aromatic carbocycles. The Bertz CT molecular complexity index is 422. The van der Waals surface area contributed by atoms with Gasteiger partial charge in [0.25, 0.3) is 0 Å². The van der Waals surface area contributed by atoms with Gasteiger partial charge in [-0.3, -0.25) is 0 Å². The molecule has 0 aromatic heterocycles. The second kappa shape index (κ2) is 7.20. The largest absolute Gasteiger partial charge is 0.489 e. The molecule has 106 valence electrons. The van der Waals surface area contributed by atoms with E-state index in [4.69, 9.17) is 4.74 Å². The lowest BCUT2D eigenvalue weighted by Gasteiger charge is -2.22. The fourth-order valence-electron chi connectivity index (χ4n) is 2.37. The first-order valence-corrected chi connectivity index (χ1v) is 7.47. The van der Waals surface area contributed by atoms with Crippen LogP contribution in [0.15, 0.2) is 16.6 Å². The quantitative estimate of drug-likeness (QED) is 0.648. The van der Waals surface area contributed by atoms with E-state index in [-0.39, 0.29) is 5.75 Å². The van der Waals surface area contributed by atoms with E-state index in [9.17, 15) is 8.78 Å². The SMILES string of the molecule is Fc1cc(Br)cc(OCCNC2CCCCC2)c1F. The van der Waals surface area contributed by atoms with Crippen molar-refractivity contribution in [2.24, 2.45) is 0 Å². The van der Waals surface area contributed by atoms with Gasteiger partial charge in [-0.25, -0.2) is 4.39 Å². The molecule has 1 aliphatic rings. The van der Waals surface area contributed by atoms with E-state index >= 15 is 0 Å². The van der Waals surface area contributed by atoms with Crippen LogP contribution in [0.25, 0.3) is 0 Å². The number of benzene rings is 1. The van der Waals surface area contributed by atoms with Crippen LogP contribution in [0.3, 0.4) is 0 Å². The maximum atomic E-state index is 13.4. The number of nitrogens with one attached hydrogen (secondary N) is 1. The first kappa shape index (κ1) is 14.7. The van der Waals surface area contributed by atoms with Crippen LogP contribution >= 0.6 is 15.9 Å². The maximum absolute atomic E-state index is 13.4. The number of hydrogen-bond donors (Lipinski definition) is 1. The topological polar surface area (TPSA) is 21.3 Å². The van der Waals surface area contributed by atoms with Crippen molar-refractivity contribution in [3.63, 3.8) is 0 Å². The molecule has 19 heavy (non-hydrogen) atoms. The molecule has 0 radical (unpaired) electrons. The van der Waals surface area contributed by atoms with Crippen LogP contribution in [0.2, 0.25) is 0 Å². The van der Waals surface area contributed by atoms with E-state index in [2.05, 4.69) is 21.2 Å². The Morgan fingerprint density at radius 2 is 1.95 bits per heavy atom. The van der Waals surface area contributed by atoms with Gasteiger partial charge in [-0.05, 0) is 25.0 Å². The zero-order valence-corrected chi connectivity index (χ0v) is 12.3. The van der Waals surface area contributed by atoms with Crippen LogP contribution in [-0.2, 0) is 0 Å². The Hall–Kier alpha value is -0.680. The number of rotatable bonds is 5. The van der Waals surface area contributed by atoms with Crippen molar-refractivity contribution in [1.82, 2.24) is 5.32 Å². The summed E-state index contributed by atoms with van der Waals surface area (Å²) in [5.41, 5.74) is 0. The number of halogens is 3. The lowest BCUT2D eigenvalue weighted by Crippen LogP contribution is -2.34. The summed E-state index contributed by atoms with van der Waals surface area (Å²) in [6, 6.07) is 3.07. The van der Waals surface area contributed by atoms with Crippen LogP contribution in [0.5, 0.6) is 5.75 Å². The molecular weight excluding hydrogens is 316 g/mol. The summed E-state index contributed by atoms with van der Waals surface area (Å²) >= 11 is 3.12. The molecular formula is C14H18BrF2NO. The molecule has 0 bridgehead atoms. The van der Waals surface area contributed by atoms with Crippen molar-refractivity contribution in [2.75, 3.05) is 13.2 Å². The van der Waals surface area contributed by atoms with Crippen molar-refractivity contribution >= 4 is 15.9 Å². The third-order valence-corrected chi connectivity index (χ3v) is 3.82. The Labute approximate surface area is 120 Å². The molecule has 0 spiro atoms. The molecule has 0 aliphatic heterocycles. The van der Waals surface area contributed by atoms with E-state index in [0.717, 1.165) is 6.07 Å². The summed E-state index contributed by atoms with van der Waals surface area (Å²) in [4.78, 5) is 0. The summed E-state index contributed by atoms with van der Waals surface area (Å²) in [6.45, 7) is 0.988. The predicted molar refractivity (Wildman–Crippen MR) is 74.4 cm³/mol. The van der Waals surface area contributed by atoms with Crippen molar-refractivity contribution in [2.45, 2.75) is 38.1 Å². The normalized spacial score (nSPS) is 16.6. The zero-order valence-electron chi connectivity index (χ0n) is 10.7. The van der Waals surface area contributed by atoms with Crippen LogP contribution in [0, 0.1) is 11.6 Å². The van der Waals surface area contributed by atoms with Crippen LogP contribution < -0.4 is 10.1 Å². The second-order valence-electron chi connectivity index (χ2n) is 4.84. The van der Waals surface area contributed by atoms with Gasteiger partial charge in [0.1, 0.15) is 6.61 Å². The highest BCUT2D eigenvalue weighted by Crippen LogP contribution is 2.25. The fraction of sp³-hybridized carbons (Fsp3) is 0.571. The summed E-state index contributed by atoms with van der Waals surface area (Å²) < 4.78 is 32.3. The molecule has 0 amide bonds. The summed E-state index contributed by atoms with van der Waals surface area (Å²) in [5.74, 6) is -1.87. The predicted octanol–water partition coefficient (Wildman–Crippen LogP) is 4.03. The van der Waals surface area contributed by atoms with E-state index in [1.165, 1.54) is 38.2 Å². The van der Waals surface area contributed by atoms with Crippen LogP contribution in [-0.4, -0.2) is 19.2 Å². The average Bonchev–Trinajstić information content (AvgIpc) is 2.41. The lowest BCUT2D eigenvalue weighted by molar-refractivity contribution is 0.275. The molecule has 2 rings (SSSR count). The molecule has 0 saturated heterocycles. The number of hydrogen-bond acceptors (Lipinski definition) is 2. The van der Waals surface area contributed by atoms with Crippen molar-refractivity contribution < 1.29 is 13.5 Å². The van der Waals surface area contributed by atoms with Gasteiger partial charge >= 0.3 is 0 Å². The van der Waals surface area contributed by atoms with E-state index in [1.54, 1.807) is 0 Å². The minimum atomic E-state index is -0.930. The Morgan fingerprint density at radius 1 is 1.21 bits per heavy atom. The average molecular weight is 334 g/mol. The fourth-order valence-corrected chi connectivity index (χ4v) is 2.78. The minimum absolute atomic E-state index is 0.0441. The van der Waals surface area contributed by atoms with Gasteiger partial charge in [-0.2, -0.15) is 4.39 Å². The molecule has 2 nitrogen and oxygen atoms in total. The first-order chi connectivity index (χ1) is 9.16. The highest BCUT2D eigenvalue weighted by Gasteiger charge is 2.13. The third kappa shape index (κ3) is 4.42. The van der Waals surface area contributed by atoms with Gasteiger partial charge < -0.3 is 10.1 Å². The highest BCUT2D eigenvalue weighted by molar-refractivity contribution is 9.10. The van der Waals surface area contributed by atoms with E-state index in [0.29, 0.717) is 23.7 Å². The van der Waals surface area contributed by atoms with Gasteiger partial charge in [-0.1, -0.05) is 35.2 Å². The highest BCUT2D eigenvalue weighted by atomic mass is 79.9. The molecule has 1 aliphatic carbocycles. The Kier molecular flexibility index (Phi) is 5.58. The van der Waals surface area contributed by atoms with Crippen molar-refractivity contribution in [1.29, 1.82) is 0 Å². The molecule has 1 aromatic rings.